The van der Waals surface area contributed by atoms with Gasteiger partial charge < -0.3 is 31.5 Å². The molecule has 0 saturated carbocycles. The largest absolute Gasteiger partial charge is 0.815 e. The molecule has 0 saturated heterocycles. The molecular weight excluding hydrogens is 357 g/mol. The second-order valence-corrected chi connectivity index (χ2v) is 7.71. The fourth-order valence-corrected chi connectivity index (χ4v) is 2.76. The second-order valence-electron chi connectivity index (χ2n) is 7.04. The van der Waals surface area contributed by atoms with Crippen molar-refractivity contribution in [3.8, 4) is 0 Å². The highest BCUT2D eigenvalue weighted by Crippen LogP contribution is 2.17. The molecule has 0 aromatic rings. The average molecular weight is 393 g/mol. The lowest BCUT2D eigenvalue weighted by Crippen LogP contribution is -2.77. The minimum Gasteiger partial charge on any atom is -0.815 e. The molecule has 0 aliphatic rings. The van der Waals surface area contributed by atoms with Crippen molar-refractivity contribution < 1.29 is 25.2 Å². The minimum atomic E-state index is -2.16. The summed E-state index contributed by atoms with van der Waals surface area (Å²) in [6.45, 7) is 10.7. The molecule has 0 aliphatic heterocycles. The number of carbonyl (C=O) groups is 2. The Labute approximate surface area is 158 Å². The van der Waals surface area contributed by atoms with Crippen molar-refractivity contribution in [2.24, 2.45) is 0 Å². The van der Waals surface area contributed by atoms with Gasteiger partial charge in [-0.15, -0.1) is 9.24 Å². The minimum absolute atomic E-state index is 0.0146. The van der Waals surface area contributed by atoms with Crippen LogP contribution in [0.1, 0.15) is 41.5 Å². The number of ether oxygens (including phenoxy) is 1. The van der Waals surface area contributed by atoms with Gasteiger partial charge >= 0.3 is 0 Å². The highest BCUT2D eigenvalue weighted by Gasteiger charge is 2.35. The Kier molecular flexibility index (Phi) is 10.8. The molecule has 0 aromatic carbocycles. The van der Waals surface area contributed by atoms with Crippen LogP contribution in [-0.4, -0.2) is 60.8 Å². The predicted molar refractivity (Wildman–Crippen MR) is 102 cm³/mol. The number of hydrogen-bond donors (Lipinski definition) is 5. The molecule has 2 amide bonds. The van der Waals surface area contributed by atoms with Crippen LogP contribution in [0.2, 0.25) is 0 Å². The number of quaternary nitrogens is 1. The number of nitrogens with one attached hydrogen (secondary N) is 4. The summed E-state index contributed by atoms with van der Waals surface area (Å²) < 4.78 is 5.66. The molecule has 6 atom stereocenters. The molecule has 9 nitrogen and oxygen atoms in total. The number of rotatable bonds is 11. The van der Waals surface area contributed by atoms with E-state index in [0.717, 1.165) is 0 Å². The maximum Gasteiger partial charge on any atom is 0.280 e. The Morgan fingerprint density at radius 2 is 1.62 bits per heavy atom. The lowest BCUT2D eigenvalue weighted by atomic mass is 10.1. The van der Waals surface area contributed by atoms with Crippen LogP contribution in [0.5, 0.6) is 0 Å². The summed E-state index contributed by atoms with van der Waals surface area (Å²) in [5, 5.41) is 24.4. The van der Waals surface area contributed by atoms with E-state index in [-0.39, 0.29) is 23.9 Å². The van der Waals surface area contributed by atoms with E-state index in [4.69, 9.17) is 4.74 Å². The summed E-state index contributed by atoms with van der Waals surface area (Å²) in [6.07, 6.45) is -0.766. The summed E-state index contributed by atoms with van der Waals surface area (Å²) in [6, 6.07) is -1.60. The summed E-state index contributed by atoms with van der Waals surface area (Å²) in [7, 11) is 3.89. The molecule has 0 radical (unpaired) electrons. The van der Waals surface area contributed by atoms with Crippen LogP contribution in [0, 0.1) is 0 Å². The molecule has 0 rings (SSSR count). The summed E-state index contributed by atoms with van der Waals surface area (Å²) >= 11 is 0. The van der Waals surface area contributed by atoms with E-state index >= 15 is 0 Å². The van der Waals surface area contributed by atoms with Crippen molar-refractivity contribution in [1.82, 2.24) is 21.3 Å². The van der Waals surface area contributed by atoms with E-state index in [9.17, 15) is 14.7 Å². The maximum absolute atomic E-state index is 13.4. The first-order valence-electron chi connectivity index (χ1n) is 8.86. The number of likely N-dealkylation sites (N-methyl/N-ethyl adjacent to an activating group) is 1. The summed E-state index contributed by atoms with van der Waals surface area (Å²) in [5.74, 6) is -3.55. The fourth-order valence-electron chi connectivity index (χ4n) is 2.20. The smallest absolute Gasteiger partial charge is 0.280 e. The Balaban J connectivity index is 5.35. The van der Waals surface area contributed by atoms with Gasteiger partial charge in [0.2, 0.25) is 5.91 Å². The van der Waals surface area contributed by atoms with E-state index in [1.165, 1.54) is 7.05 Å². The van der Waals surface area contributed by atoms with Gasteiger partial charge in [-0.25, -0.2) is 0 Å². The van der Waals surface area contributed by atoms with Gasteiger partial charge in [-0.3, -0.25) is 14.9 Å². The van der Waals surface area contributed by atoms with Gasteiger partial charge in [0.15, 0.2) is 6.04 Å². The third-order valence-corrected chi connectivity index (χ3v) is 4.31. The molecule has 2 unspecified atom stereocenters. The van der Waals surface area contributed by atoms with Crippen LogP contribution in [-0.2, 0) is 14.3 Å². The Morgan fingerprint density at radius 1 is 1.08 bits per heavy atom. The van der Waals surface area contributed by atoms with Crippen molar-refractivity contribution in [3.63, 3.8) is 0 Å². The van der Waals surface area contributed by atoms with Gasteiger partial charge in [0, 0.05) is 24.9 Å². The molecule has 7 N–H and O–H groups in total. The first-order chi connectivity index (χ1) is 11.8. The zero-order valence-electron chi connectivity index (χ0n) is 16.9. The Morgan fingerprint density at radius 3 is 2.04 bits per heavy atom. The van der Waals surface area contributed by atoms with E-state index in [1.807, 2.05) is 27.7 Å². The predicted octanol–water partition coefficient (Wildman–Crippen LogP) is -2.54. The van der Waals surface area contributed by atoms with Crippen LogP contribution in [0.3, 0.4) is 0 Å². The van der Waals surface area contributed by atoms with E-state index in [1.54, 1.807) is 13.8 Å². The Bertz CT molecular complexity index is 466. The molecule has 26 heavy (non-hydrogen) atoms. The standard InChI is InChI=1S/C16H35N5O4P/c1-8(2)19-13(22)10(5)21-16(24,15(26)20-9(3)4)25-11(6)12(17)14(23)18-7/h8-12,15,20-21H,17,26H2,1-7H3,(H,18,23)(H,19,22)/q-1/p+1/t10-,11-,12+,15-,16?/m1/s1. The van der Waals surface area contributed by atoms with Gasteiger partial charge in [0.1, 0.15) is 6.10 Å². The third-order valence-electron chi connectivity index (χ3n) is 3.68. The summed E-state index contributed by atoms with van der Waals surface area (Å²) in [4.78, 5) is 24.0. The number of hydrogen-bond acceptors (Lipinski definition) is 6. The summed E-state index contributed by atoms with van der Waals surface area (Å²) in [5.41, 5.74) is 3.76. The molecule has 0 spiro atoms. The molecule has 0 heterocycles. The van der Waals surface area contributed by atoms with Crippen molar-refractivity contribution in [1.29, 1.82) is 0 Å². The molecule has 0 aromatic heterocycles. The highest BCUT2D eigenvalue weighted by atomic mass is 31.0. The molecule has 10 heteroatoms. The topological polar surface area (TPSA) is 142 Å². The van der Waals surface area contributed by atoms with Gasteiger partial charge in [0.25, 0.3) is 5.91 Å². The third kappa shape index (κ3) is 8.24. The highest BCUT2D eigenvalue weighted by molar-refractivity contribution is 7.17. The second kappa shape index (κ2) is 11.1. The van der Waals surface area contributed by atoms with Crippen molar-refractivity contribution in [3.05, 3.63) is 0 Å². The number of amides is 2. The van der Waals surface area contributed by atoms with Crippen LogP contribution in [0.15, 0.2) is 0 Å². The lowest BCUT2D eigenvalue weighted by molar-refractivity contribution is -0.582. The SMILES string of the molecule is CNC(=O)[C@@H]([NH3+])[C@@H](C)OC([O-])(N[C@H](C)C(=O)NC(C)C)[C@@H](P)NC(C)C. The molecule has 0 fully saturated rings. The van der Waals surface area contributed by atoms with Gasteiger partial charge in [-0.2, -0.15) is 0 Å². The molecule has 0 bridgehead atoms. The number of carbonyl (C=O) groups excluding carboxylic acids is 2. The first-order valence-corrected chi connectivity index (χ1v) is 9.53. The quantitative estimate of drug-likeness (QED) is 0.193. The van der Waals surface area contributed by atoms with Crippen LogP contribution in [0.4, 0.5) is 0 Å². The van der Waals surface area contributed by atoms with Crippen LogP contribution < -0.4 is 32.1 Å². The normalized spacial score (nSPS) is 18.8. The monoisotopic (exact) mass is 393 g/mol. The Hall–Kier alpha value is -0.830. The van der Waals surface area contributed by atoms with Crippen molar-refractivity contribution in [2.75, 3.05) is 7.05 Å². The lowest BCUT2D eigenvalue weighted by Gasteiger charge is -2.49. The van der Waals surface area contributed by atoms with Crippen molar-refractivity contribution in [2.45, 2.75) is 83.5 Å². The van der Waals surface area contributed by atoms with Crippen LogP contribution >= 0.6 is 9.24 Å². The van der Waals surface area contributed by atoms with Gasteiger partial charge in [0.05, 0.1) is 12.0 Å². The maximum atomic E-state index is 13.4. The fraction of sp³-hybridized carbons (Fsp3) is 0.875. The zero-order chi connectivity index (χ0) is 20.7. The molecular formula is C16H36N5O4P. The van der Waals surface area contributed by atoms with Crippen LogP contribution in [0.25, 0.3) is 0 Å². The first kappa shape index (κ1) is 25.2. The van der Waals surface area contributed by atoms with Gasteiger partial charge in [-0.05, 0) is 27.7 Å². The van der Waals surface area contributed by atoms with E-state index in [2.05, 4.69) is 36.2 Å². The van der Waals surface area contributed by atoms with E-state index in [0.29, 0.717) is 0 Å². The molecule has 154 valence electrons. The zero-order valence-corrected chi connectivity index (χ0v) is 18.0. The molecule has 0 aliphatic carbocycles. The van der Waals surface area contributed by atoms with Gasteiger partial charge in [-0.1, -0.05) is 13.8 Å². The van der Waals surface area contributed by atoms with Crippen molar-refractivity contribution >= 4 is 21.1 Å². The van der Waals surface area contributed by atoms with E-state index < -0.39 is 29.9 Å². The average Bonchev–Trinajstić information content (AvgIpc) is 2.51.